The largest absolute Gasteiger partial charge is 0.491 e. The number of aromatic nitrogens is 1. The summed E-state index contributed by atoms with van der Waals surface area (Å²) in [4.78, 5) is 18.0. The fourth-order valence-corrected chi connectivity index (χ4v) is 4.66. The first-order chi connectivity index (χ1) is 12.4. The topological polar surface area (TPSA) is 72.2 Å². The quantitative estimate of drug-likeness (QED) is 0.566. The summed E-state index contributed by atoms with van der Waals surface area (Å²) in [6.45, 7) is 7.81. The van der Waals surface area contributed by atoms with Gasteiger partial charge in [0.05, 0.1) is 34.9 Å². The maximum atomic E-state index is 12.0. The van der Waals surface area contributed by atoms with E-state index >= 15 is 0 Å². The number of benzene rings is 1. The molecule has 0 aliphatic heterocycles. The minimum Gasteiger partial charge on any atom is -0.491 e. The van der Waals surface area contributed by atoms with E-state index in [1.165, 1.54) is 22.7 Å². The molecule has 134 valence electrons. The summed E-state index contributed by atoms with van der Waals surface area (Å²) in [5.41, 5.74) is 1.23. The first kappa shape index (κ1) is 18.4. The summed E-state index contributed by atoms with van der Waals surface area (Å²) in [6.07, 6.45) is 0.0344. The van der Waals surface area contributed by atoms with E-state index in [0.717, 1.165) is 20.0 Å². The average Bonchev–Trinajstić information content (AvgIpc) is 3.17. The van der Waals surface area contributed by atoms with Gasteiger partial charge in [0.15, 0.2) is 0 Å². The molecule has 0 amide bonds. The highest BCUT2D eigenvalue weighted by Gasteiger charge is 2.19. The van der Waals surface area contributed by atoms with E-state index in [-0.39, 0.29) is 12.1 Å². The molecule has 0 fully saturated rings. The van der Waals surface area contributed by atoms with Crippen LogP contribution in [-0.4, -0.2) is 23.7 Å². The molecule has 26 heavy (non-hydrogen) atoms. The minimum atomic E-state index is -0.347. The Hall–Kier alpha value is -2.43. The molecule has 2 heterocycles. The van der Waals surface area contributed by atoms with E-state index in [4.69, 9.17) is 9.47 Å². The van der Waals surface area contributed by atoms with Crippen LogP contribution in [0.1, 0.15) is 41.7 Å². The van der Waals surface area contributed by atoms with Crippen LogP contribution in [0, 0.1) is 18.3 Å². The highest BCUT2D eigenvalue weighted by atomic mass is 32.1. The number of nitrogens with zero attached hydrogens (tertiary/aromatic N) is 2. The van der Waals surface area contributed by atoms with Crippen molar-refractivity contribution in [3.8, 4) is 21.7 Å². The summed E-state index contributed by atoms with van der Waals surface area (Å²) < 4.78 is 11.8. The van der Waals surface area contributed by atoms with Crippen molar-refractivity contribution in [3.05, 3.63) is 34.3 Å². The third kappa shape index (κ3) is 3.57. The van der Waals surface area contributed by atoms with Crippen LogP contribution in [-0.2, 0) is 4.74 Å². The molecular weight excluding hydrogens is 368 g/mol. The van der Waals surface area contributed by atoms with E-state index in [2.05, 4.69) is 11.1 Å². The highest BCUT2D eigenvalue weighted by molar-refractivity contribution is 7.26. The zero-order valence-corrected chi connectivity index (χ0v) is 16.6. The lowest BCUT2D eigenvalue weighted by Gasteiger charge is -2.09. The lowest BCUT2D eigenvalue weighted by molar-refractivity contribution is 0.0531. The van der Waals surface area contributed by atoms with E-state index in [9.17, 15) is 10.1 Å². The van der Waals surface area contributed by atoms with Gasteiger partial charge in [-0.25, -0.2) is 9.78 Å². The molecule has 0 unspecified atom stereocenters. The molecule has 7 heteroatoms. The molecule has 0 aliphatic carbocycles. The predicted octanol–water partition coefficient (Wildman–Crippen LogP) is 5.17. The van der Waals surface area contributed by atoms with E-state index in [0.29, 0.717) is 28.5 Å². The Morgan fingerprint density at radius 2 is 2.08 bits per heavy atom. The first-order valence-electron chi connectivity index (χ1n) is 8.22. The molecule has 3 aromatic rings. The third-order valence-electron chi connectivity index (χ3n) is 3.57. The second-order valence-electron chi connectivity index (χ2n) is 5.93. The summed E-state index contributed by atoms with van der Waals surface area (Å²) in [6, 6.07) is 7.89. The van der Waals surface area contributed by atoms with E-state index < -0.39 is 0 Å². The zero-order valence-electron chi connectivity index (χ0n) is 15.0. The standard InChI is InChI=1S/C19H18N2O3S2/c1-5-23-19(22)17-11(4)21-18(26-17)16-8-14-12(9-20)6-13(24-10(2)3)7-15(14)25-16/h6-8,10H,5H2,1-4H3. The predicted molar refractivity (Wildman–Crippen MR) is 104 cm³/mol. The molecule has 0 spiro atoms. The number of thiophene rings is 1. The van der Waals surface area contributed by atoms with Gasteiger partial charge in [-0.05, 0) is 45.9 Å². The smallest absolute Gasteiger partial charge is 0.350 e. The number of aryl methyl sites for hydroxylation is 1. The van der Waals surface area contributed by atoms with Gasteiger partial charge in [-0.1, -0.05) is 0 Å². The number of hydrogen-bond donors (Lipinski definition) is 0. The van der Waals surface area contributed by atoms with Gasteiger partial charge in [-0.15, -0.1) is 22.7 Å². The molecular formula is C19H18N2O3S2. The minimum absolute atomic E-state index is 0.0344. The van der Waals surface area contributed by atoms with Gasteiger partial charge >= 0.3 is 5.97 Å². The number of thiazole rings is 1. The summed E-state index contributed by atoms with van der Waals surface area (Å²) >= 11 is 2.85. The SMILES string of the molecule is CCOC(=O)c1sc(-c2cc3c(C#N)cc(OC(C)C)cc3s2)nc1C. The van der Waals surface area contributed by atoms with Crippen LogP contribution >= 0.6 is 22.7 Å². The first-order valence-corrected chi connectivity index (χ1v) is 9.85. The summed E-state index contributed by atoms with van der Waals surface area (Å²) in [5, 5.41) is 11.1. The fourth-order valence-electron chi connectivity index (χ4n) is 2.54. The Morgan fingerprint density at radius 3 is 2.73 bits per heavy atom. The second kappa shape index (κ2) is 7.44. The number of carbonyl (C=O) groups is 1. The number of hydrogen-bond acceptors (Lipinski definition) is 7. The molecule has 0 saturated heterocycles. The van der Waals surface area contributed by atoms with Gasteiger partial charge in [-0.2, -0.15) is 5.26 Å². The Labute approximate surface area is 159 Å². The van der Waals surface area contributed by atoms with Crippen molar-refractivity contribution in [2.24, 2.45) is 0 Å². The molecule has 0 N–H and O–H groups in total. The number of ether oxygens (including phenoxy) is 2. The molecule has 0 aliphatic rings. The number of carbonyl (C=O) groups excluding carboxylic acids is 1. The number of fused-ring (bicyclic) bond motifs is 1. The number of nitriles is 1. The molecule has 0 radical (unpaired) electrons. The van der Waals surface area contributed by atoms with Crippen molar-refractivity contribution >= 4 is 38.7 Å². The Bertz CT molecular complexity index is 1010. The van der Waals surface area contributed by atoms with Crippen molar-refractivity contribution in [2.45, 2.75) is 33.8 Å². The van der Waals surface area contributed by atoms with Crippen LogP contribution < -0.4 is 4.74 Å². The van der Waals surface area contributed by atoms with Crippen LogP contribution in [0.5, 0.6) is 5.75 Å². The van der Waals surface area contributed by atoms with Gasteiger partial charge in [0.1, 0.15) is 15.6 Å². The van der Waals surface area contributed by atoms with Crippen molar-refractivity contribution < 1.29 is 14.3 Å². The van der Waals surface area contributed by atoms with Gasteiger partial charge in [0, 0.05) is 10.1 Å². The van der Waals surface area contributed by atoms with Gasteiger partial charge in [-0.3, -0.25) is 0 Å². The zero-order chi connectivity index (χ0) is 18.8. The summed E-state index contributed by atoms with van der Waals surface area (Å²) in [5.74, 6) is 0.333. The third-order valence-corrected chi connectivity index (χ3v) is 5.96. The van der Waals surface area contributed by atoms with E-state index in [1.54, 1.807) is 19.9 Å². The normalized spacial score (nSPS) is 10.9. The molecule has 5 nitrogen and oxygen atoms in total. The van der Waals surface area contributed by atoms with Crippen LogP contribution in [0.25, 0.3) is 20.0 Å². The average molecular weight is 386 g/mol. The maximum Gasteiger partial charge on any atom is 0.350 e. The van der Waals surface area contributed by atoms with Crippen LogP contribution in [0.2, 0.25) is 0 Å². The molecule has 1 aromatic carbocycles. The Kier molecular flexibility index (Phi) is 5.25. The second-order valence-corrected chi connectivity index (χ2v) is 8.01. The van der Waals surface area contributed by atoms with Crippen LogP contribution in [0.3, 0.4) is 0 Å². The number of rotatable bonds is 5. The molecule has 2 aromatic heterocycles. The summed E-state index contributed by atoms with van der Waals surface area (Å²) in [7, 11) is 0. The van der Waals surface area contributed by atoms with Crippen molar-refractivity contribution in [1.29, 1.82) is 5.26 Å². The van der Waals surface area contributed by atoms with Crippen molar-refractivity contribution in [2.75, 3.05) is 6.61 Å². The van der Waals surface area contributed by atoms with Crippen LogP contribution in [0.4, 0.5) is 0 Å². The van der Waals surface area contributed by atoms with Gasteiger partial charge in [0.25, 0.3) is 0 Å². The molecule has 3 rings (SSSR count). The monoisotopic (exact) mass is 386 g/mol. The lowest BCUT2D eigenvalue weighted by Crippen LogP contribution is -2.05. The molecule has 0 atom stereocenters. The van der Waals surface area contributed by atoms with Gasteiger partial charge in [0.2, 0.25) is 0 Å². The van der Waals surface area contributed by atoms with Crippen molar-refractivity contribution in [3.63, 3.8) is 0 Å². The Morgan fingerprint density at radius 1 is 1.31 bits per heavy atom. The van der Waals surface area contributed by atoms with E-state index in [1.807, 2.05) is 26.0 Å². The number of esters is 1. The van der Waals surface area contributed by atoms with Gasteiger partial charge < -0.3 is 9.47 Å². The fraction of sp³-hybridized carbons (Fsp3) is 0.316. The Balaban J connectivity index is 2.06. The van der Waals surface area contributed by atoms with Crippen LogP contribution in [0.15, 0.2) is 18.2 Å². The maximum absolute atomic E-state index is 12.0. The lowest BCUT2D eigenvalue weighted by atomic mass is 10.1. The molecule has 0 saturated carbocycles. The highest BCUT2D eigenvalue weighted by Crippen LogP contribution is 2.39. The molecule has 0 bridgehead atoms. The van der Waals surface area contributed by atoms with Crippen molar-refractivity contribution in [1.82, 2.24) is 4.98 Å².